The Bertz CT molecular complexity index is 735. The Morgan fingerprint density at radius 2 is 1.65 bits per heavy atom. The van der Waals surface area contributed by atoms with Crippen LogP contribution in [0.25, 0.3) is 0 Å². The number of carboxylic acids is 1. The van der Waals surface area contributed by atoms with Gasteiger partial charge >= 0.3 is 12.1 Å². The Morgan fingerprint density at radius 1 is 1.15 bits per heavy atom. The average Bonchev–Trinajstić information content (AvgIpc) is 3.66. The highest BCUT2D eigenvalue weighted by atomic mass is 16.6. The standard InChI is InChI=1S/C9H10O2.C8H12N2O2.C3H7NO2.C3H4O2/c1-2-4-8(5-3-1)10-6-9-7-11-9;11-7-9-5-3-1-2-4-6-10-8-12;1-2-6-3(4)5;1-2-3(4)5/h1-5,9H,6-7H2;1-6H2;2H2,1H3,(H2,4,5);2H,1H2,(H,4,5). The van der Waals surface area contributed by atoms with Crippen molar-refractivity contribution in [1.29, 1.82) is 0 Å². The molecule has 11 nitrogen and oxygen atoms in total. The number of ether oxygens (including phenoxy) is 3. The molecule has 1 aliphatic rings. The van der Waals surface area contributed by atoms with E-state index in [2.05, 4.69) is 27.0 Å². The predicted octanol–water partition coefficient (Wildman–Crippen LogP) is 3.04. The first-order chi connectivity index (χ1) is 16.4. The molecule has 0 spiro atoms. The van der Waals surface area contributed by atoms with Crippen molar-refractivity contribution >= 4 is 24.2 Å². The lowest BCUT2D eigenvalue weighted by Crippen LogP contribution is -2.11. The second-order valence-corrected chi connectivity index (χ2v) is 6.23. The van der Waals surface area contributed by atoms with E-state index in [9.17, 15) is 19.2 Å². The number of benzene rings is 1. The maximum Gasteiger partial charge on any atom is 0.404 e. The van der Waals surface area contributed by atoms with Crippen molar-refractivity contribution < 1.29 is 38.5 Å². The molecule has 11 heteroatoms. The summed E-state index contributed by atoms with van der Waals surface area (Å²) < 4.78 is 14.6. The minimum Gasteiger partial charge on any atom is -0.491 e. The topological polar surface area (TPSA) is 170 Å². The van der Waals surface area contributed by atoms with Crippen molar-refractivity contribution in [3.8, 4) is 5.75 Å². The summed E-state index contributed by atoms with van der Waals surface area (Å²) in [5.74, 6) is -0.0620. The molecule has 1 atom stereocenters. The average molecular weight is 480 g/mol. The van der Waals surface area contributed by atoms with E-state index in [1.807, 2.05) is 30.3 Å². The van der Waals surface area contributed by atoms with Gasteiger partial charge in [-0.05, 0) is 31.9 Å². The highest BCUT2D eigenvalue weighted by molar-refractivity contribution is 5.78. The predicted molar refractivity (Wildman–Crippen MR) is 125 cm³/mol. The highest BCUT2D eigenvalue weighted by Crippen LogP contribution is 2.13. The molecule has 1 aliphatic heterocycles. The third-order valence-corrected chi connectivity index (χ3v) is 3.46. The molecule has 2 rings (SSSR count). The van der Waals surface area contributed by atoms with Crippen LogP contribution < -0.4 is 10.5 Å². The molecule has 0 bridgehead atoms. The molecule has 1 heterocycles. The minimum absolute atomic E-state index is 0.343. The van der Waals surface area contributed by atoms with Gasteiger partial charge in [-0.25, -0.2) is 29.2 Å². The molecule has 34 heavy (non-hydrogen) atoms. The van der Waals surface area contributed by atoms with Gasteiger partial charge in [0.2, 0.25) is 12.2 Å². The number of nitrogens with zero attached hydrogens (tertiary/aromatic N) is 2. The Hall–Kier alpha value is -3.78. The van der Waals surface area contributed by atoms with Gasteiger partial charge in [-0.3, -0.25) is 0 Å². The van der Waals surface area contributed by atoms with Gasteiger partial charge in [0.1, 0.15) is 18.5 Å². The number of rotatable bonds is 12. The van der Waals surface area contributed by atoms with E-state index in [0.717, 1.165) is 44.1 Å². The first-order valence-electron chi connectivity index (χ1n) is 10.5. The van der Waals surface area contributed by atoms with Crippen LogP contribution in [0.4, 0.5) is 4.79 Å². The number of primary amides is 1. The van der Waals surface area contributed by atoms with E-state index in [1.54, 1.807) is 6.92 Å². The number of aliphatic carboxylic acids is 1. The summed E-state index contributed by atoms with van der Waals surface area (Å²) in [6.45, 7) is 7.67. The summed E-state index contributed by atoms with van der Waals surface area (Å²) in [7, 11) is 0. The van der Waals surface area contributed by atoms with Crippen molar-refractivity contribution in [2.24, 2.45) is 15.7 Å². The fourth-order valence-electron chi connectivity index (χ4n) is 1.84. The van der Waals surface area contributed by atoms with Crippen molar-refractivity contribution in [2.75, 3.05) is 32.9 Å². The number of para-hydroxylation sites is 1. The van der Waals surface area contributed by atoms with Crippen molar-refractivity contribution in [3.05, 3.63) is 43.0 Å². The third kappa shape index (κ3) is 30.4. The van der Waals surface area contributed by atoms with Crippen LogP contribution in [0, 0.1) is 0 Å². The van der Waals surface area contributed by atoms with Crippen LogP contribution in [0.2, 0.25) is 0 Å². The Morgan fingerprint density at radius 3 is 1.97 bits per heavy atom. The quantitative estimate of drug-likeness (QED) is 0.151. The number of carbonyl (C=O) groups excluding carboxylic acids is 3. The maximum absolute atomic E-state index is 9.63. The monoisotopic (exact) mass is 479 g/mol. The van der Waals surface area contributed by atoms with E-state index >= 15 is 0 Å². The fourth-order valence-corrected chi connectivity index (χ4v) is 1.84. The number of amides is 1. The summed E-state index contributed by atoms with van der Waals surface area (Å²) in [6, 6.07) is 9.79. The number of isocyanates is 2. The summed E-state index contributed by atoms with van der Waals surface area (Å²) in [4.78, 5) is 44.9. The molecule has 0 aliphatic carbocycles. The van der Waals surface area contributed by atoms with Crippen molar-refractivity contribution in [1.82, 2.24) is 0 Å². The van der Waals surface area contributed by atoms with Crippen LogP contribution in [0.15, 0.2) is 53.0 Å². The zero-order chi connectivity index (χ0) is 25.9. The molecule has 188 valence electrons. The molecular weight excluding hydrogens is 446 g/mol. The molecule has 1 aromatic rings. The molecule has 1 amide bonds. The summed E-state index contributed by atoms with van der Waals surface area (Å²) >= 11 is 0. The van der Waals surface area contributed by atoms with Crippen molar-refractivity contribution in [3.63, 3.8) is 0 Å². The molecule has 1 aromatic carbocycles. The summed E-state index contributed by atoms with van der Waals surface area (Å²) in [5, 5.41) is 7.60. The van der Waals surface area contributed by atoms with Crippen LogP contribution >= 0.6 is 0 Å². The number of carbonyl (C=O) groups is 2. The molecule has 1 saturated heterocycles. The van der Waals surface area contributed by atoms with Crippen LogP contribution in [-0.4, -0.2) is 68.3 Å². The minimum atomic E-state index is -0.981. The van der Waals surface area contributed by atoms with Gasteiger partial charge in [0.15, 0.2) is 0 Å². The van der Waals surface area contributed by atoms with Crippen LogP contribution in [0.5, 0.6) is 5.75 Å². The summed E-state index contributed by atoms with van der Waals surface area (Å²) in [5.41, 5.74) is 4.54. The van der Waals surface area contributed by atoms with Gasteiger partial charge in [-0.15, -0.1) is 0 Å². The van der Waals surface area contributed by atoms with Gasteiger partial charge in [0.05, 0.1) is 26.3 Å². The van der Waals surface area contributed by atoms with E-state index < -0.39 is 12.1 Å². The molecule has 0 aromatic heterocycles. The lowest BCUT2D eigenvalue weighted by molar-refractivity contribution is -0.131. The van der Waals surface area contributed by atoms with Gasteiger partial charge in [0, 0.05) is 6.08 Å². The second-order valence-electron chi connectivity index (χ2n) is 6.23. The largest absolute Gasteiger partial charge is 0.491 e. The van der Waals surface area contributed by atoms with Gasteiger partial charge in [-0.2, -0.15) is 0 Å². The first-order valence-corrected chi connectivity index (χ1v) is 10.5. The molecular formula is C23H33N3O8. The Balaban J connectivity index is 0. The number of aliphatic imine (C=N–C) groups is 2. The normalized spacial score (nSPS) is 12.1. The lowest BCUT2D eigenvalue weighted by Gasteiger charge is -2.01. The van der Waals surface area contributed by atoms with E-state index in [1.165, 1.54) is 12.2 Å². The zero-order valence-electron chi connectivity index (χ0n) is 19.4. The number of carboxylic acid groups (broad SMARTS) is 1. The van der Waals surface area contributed by atoms with E-state index in [0.29, 0.717) is 32.4 Å². The molecule has 1 unspecified atom stereocenters. The van der Waals surface area contributed by atoms with E-state index in [4.69, 9.17) is 14.6 Å². The number of hydrogen-bond donors (Lipinski definition) is 2. The first kappa shape index (κ1) is 32.4. The third-order valence-electron chi connectivity index (χ3n) is 3.46. The number of unbranched alkanes of at least 4 members (excludes halogenated alkanes) is 3. The van der Waals surface area contributed by atoms with Crippen molar-refractivity contribution in [2.45, 2.75) is 38.7 Å². The van der Waals surface area contributed by atoms with Gasteiger partial charge in [0.25, 0.3) is 0 Å². The maximum atomic E-state index is 9.63. The van der Waals surface area contributed by atoms with Crippen LogP contribution in [-0.2, 0) is 23.9 Å². The van der Waals surface area contributed by atoms with Gasteiger partial charge < -0.3 is 25.1 Å². The lowest BCUT2D eigenvalue weighted by atomic mass is 10.2. The number of nitrogens with two attached hydrogens (primary N) is 1. The zero-order valence-corrected chi connectivity index (χ0v) is 19.4. The van der Waals surface area contributed by atoms with Crippen LogP contribution in [0.3, 0.4) is 0 Å². The highest BCUT2D eigenvalue weighted by Gasteiger charge is 2.22. The number of epoxide rings is 1. The van der Waals surface area contributed by atoms with Gasteiger partial charge in [-0.1, -0.05) is 37.6 Å². The Labute approximate surface area is 199 Å². The molecule has 3 N–H and O–H groups in total. The SMILES string of the molecule is C=CC(=O)O.CCOC(N)=O.O=C=NCCCCCCN=C=O.c1ccc(OCC2CO2)cc1. The second kappa shape index (κ2) is 25.5. The molecule has 0 saturated carbocycles. The number of hydrogen-bond acceptors (Lipinski definition) is 9. The van der Waals surface area contributed by atoms with E-state index in [-0.39, 0.29) is 0 Å². The smallest absolute Gasteiger partial charge is 0.404 e. The molecule has 1 fully saturated rings. The summed E-state index contributed by atoms with van der Waals surface area (Å²) in [6.07, 6.45) is 7.27. The Kier molecular flexibility index (Phi) is 24.3. The van der Waals surface area contributed by atoms with Crippen LogP contribution in [0.1, 0.15) is 32.6 Å². The fraction of sp³-hybridized carbons (Fsp3) is 0.478. The molecule has 0 radical (unpaired) electrons.